The van der Waals surface area contributed by atoms with E-state index in [1.807, 2.05) is 44.2 Å². The summed E-state index contributed by atoms with van der Waals surface area (Å²) in [7, 11) is -3.65. The van der Waals surface area contributed by atoms with Crippen LogP contribution in [0.3, 0.4) is 0 Å². The predicted octanol–water partition coefficient (Wildman–Crippen LogP) is 3.16. The fraction of sp³-hybridized carbons (Fsp3) is 0.381. The minimum atomic E-state index is -3.65. The summed E-state index contributed by atoms with van der Waals surface area (Å²) in [5.74, 6) is 0.421. The second-order valence-corrected chi connectivity index (χ2v) is 8.58. The van der Waals surface area contributed by atoms with Gasteiger partial charge in [-0.2, -0.15) is 0 Å². The molecule has 152 valence electrons. The van der Waals surface area contributed by atoms with Crippen LogP contribution in [0.4, 0.5) is 5.69 Å². The van der Waals surface area contributed by atoms with Crippen LogP contribution in [0.15, 0.2) is 54.6 Å². The first-order valence-corrected chi connectivity index (χ1v) is 11.1. The van der Waals surface area contributed by atoms with Gasteiger partial charge in [0.05, 0.1) is 18.6 Å². The Bertz CT molecular complexity index is 867. The Balaban J connectivity index is 2.11. The number of nitrogens with zero attached hydrogens (tertiary/aromatic N) is 1. The number of sulfonamides is 1. The Morgan fingerprint density at radius 2 is 1.68 bits per heavy atom. The average Bonchev–Trinajstić information content (AvgIpc) is 2.67. The number of hydrogen-bond donors (Lipinski definition) is 1. The van der Waals surface area contributed by atoms with Crippen molar-refractivity contribution < 1.29 is 17.9 Å². The van der Waals surface area contributed by atoms with E-state index < -0.39 is 16.1 Å². The zero-order valence-electron chi connectivity index (χ0n) is 16.8. The summed E-state index contributed by atoms with van der Waals surface area (Å²) >= 11 is 0. The first-order valence-electron chi connectivity index (χ1n) is 9.29. The lowest BCUT2D eigenvalue weighted by Gasteiger charge is -2.28. The van der Waals surface area contributed by atoms with E-state index in [0.29, 0.717) is 24.6 Å². The molecule has 6 nitrogen and oxygen atoms in total. The van der Waals surface area contributed by atoms with E-state index >= 15 is 0 Å². The molecular weight excluding hydrogens is 376 g/mol. The van der Waals surface area contributed by atoms with Crippen LogP contribution in [-0.4, -0.2) is 39.8 Å². The molecule has 0 spiro atoms. The molecule has 2 rings (SSSR count). The van der Waals surface area contributed by atoms with Gasteiger partial charge >= 0.3 is 0 Å². The minimum absolute atomic E-state index is 0.120. The van der Waals surface area contributed by atoms with Gasteiger partial charge in [0.15, 0.2) is 0 Å². The van der Waals surface area contributed by atoms with Crippen LogP contribution in [0.25, 0.3) is 0 Å². The number of carbonyl (C=O) groups is 1. The largest absolute Gasteiger partial charge is 0.494 e. The average molecular weight is 405 g/mol. The molecular formula is C21H28N2O4S. The summed E-state index contributed by atoms with van der Waals surface area (Å²) in [5, 5.41) is 2.86. The maximum atomic E-state index is 12.7. The van der Waals surface area contributed by atoms with Crippen LogP contribution in [0, 0.1) is 0 Å². The van der Waals surface area contributed by atoms with Gasteiger partial charge in [0.2, 0.25) is 15.9 Å². The molecule has 0 aromatic heterocycles. The van der Waals surface area contributed by atoms with Crippen molar-refractivity contribution in [2.24, 2.45) is 0 Å². The SMILES string of the molecule is CCOc1ccc(N([C@H](C)C(=O)NC[C@H](C)c2ccccc2)S(C)(=O)=O)cc1. The third kappa shape index (κ3) is 5.73. The van der Waals surface area contributed by atoms with Crippen molar-refractivity contribution in [1.29, 1.82) is 0 Å². The lowest BCUT2D eigenvalue weighted by atomic mass is 10.0. The first-order chi connectivity index (χ1) is 13.2. The van der Waals surface area contributed by atoms with Crippen molar-refractivity contribution in [3.05, 3.63) is 60.2 Å². The van der Waals surface area contributed by atoms with Gasteiger partial charge < -0.3 is 10.1 Å². The van der Waals surface area contributed by atoms with Crippen molar-refractivity contribution in [1.82, 2.24) is 5.32 Å². The van der Waals surface area contributed by atoms with Gasteiger partial charge in [-0.15, -0.1) is 0 Å². The standard InChI is InChI=1S/C21H28N2O4S/c1-5-27-20-13-11-19(12-14-20)23(28(4,25)26)17(3)21(24)22-15-16(2)18-9-7-6-8-10-18/h6-14,16-17H,5,15H2,1-4H3,(H,22,24)/t16-,17+/m0/s1. The molecule has 0 bridgehead atoms. The van der Waals surface area contributed by atoms with E-state index in [1.54, 1.807) is 31.2 Å². The fourth-order valence-corrected chi connectivity index (χ4v) is 4.14. The number of anilines is 1. The van der Waals surface area contributed by atoms with Crippen molar-refractivity contribution in [2.75, 3.05) is 23.7 Å². The maximum absolute atomic E-state index is 12.7. The zero-order valence-corrected chi connectivity index (χ0v) is 17.6. The zero-order chi connectivity index (χ0) is 20.7. The van der Waals surface area contributed by atoms with Gasteiger partial charge in [-0.1, -0.05) is 37.3 Å². The third-order valence-corrected chi connectivity index (χ3v) is 5.68. The highest BCUT2D eigenvalue weighted by Gasteiger charge is 2.29. The van der Waals surface area contributed by atoms with Crippen LogP contribution in [-0.2, 0) is 14.8 Å². The van der Waals surface area contributed by atoms with Crippen molar-refractivity contribution in [3.63, 3.8) is 0 Å². The fourth-order valence-electron chi connectivity index (χ4n) is 2.97. The molecule has 7 heteroatoms. The number of amides is 1. The molecule has 2 atom stereocenters. The smallest absolute Gasteiger partial charge is 0.243 e. The predicted molar refractivity (Wildman–Crippen MR) is 112 cm³/mol. The molecule has 0 saturated heterocycles. The lowest BCUT2D eigenvalue weighted by molar-refractivity contribution is -0.121. The Morgan fingerprint density at radius 3 is 2.21 bits per heavy atom. The van der Waals surface area contributed by atoms with Gasteiger partial charge in [0.25, 0.3) is 0 Å². The molecule has 0 heterocycles. The summed E-state index contributed by atoms with van der Waals surface area (Å²) in [4.78, 5) is 12.7. The Kier molecular flexibility index (Phi) is 7.45. The molecule has 0 saturated carbocycles. The Morgan fingerprint density at radius 1 is 1.07 bits per heavy atom. The lowest BCUT2D eigenvalue weighted by Crippen LogP contribution is -2.48. The van der Waals surface area contributed by atoms with E-state index in [-0.39, 0.29) is 11.8 Å². The van der Waals surface area contributed by atoms with Gasteiger partial charge in [0, 0.05) is 6.54 Å². The quantitative estimate of drug-likeness (QED) is 0.697. The van der Waals surface area contributed by atoms with Crippen molar-refractivity contribution in [3.8, 4) is 5.75 Å². The van der Waals surface area contributed by atoms with Crippen LogP contribution in [0.2, 0.25) is 0 Å². The maximum Gasteiger partial charge on any atom is 0.243 e. The highest BCUT2D eigenvalue weighted by molar-refractivity contribution is 7.92. The number of ether oxygens (including phenoxy) is 1. The van der Waals surface area contributed by atoms with Crippen LogP contribution in [0.5, 0.6) is 5.75 Å². The first kappa shape index (κ1) is 21.8. The summed E-state index contributed by atoms with van der Waals surface area (Å²) < 4.78 is 31.2. The number of hydrogen-bond acceptors (Lipinski definition) is 4. The van der Waals surface area contributed by atoms with E-state index in [9.17, 15) is 13.2 Å². The second-order valence-electron chi connectivity index (χ2n) is 6.72. The molecule has 0 radical (unpaired) electrons. The number of rotatable bonds is 9. The Labute approximate surface area is 167 Å². The molecule has 1 amide bonds. The van der Waals surface area contributed by atoms with Gasteiger partial charge in [-0.05, 0) is 49.6 Å². The Hall–Kier alpha value is -2.54. The van der Waals surface area contributed by atoms with E-state index in [4.69, 9.17) is 4.74 Å². The van der Waals surface area contributed by atoms with Gasteiger partial charge in [-0.25, -0.2) is 8.42 Å². The van der Waals surface area contributed by atoms with E-state index in [1.165, 1.54) is 0 Å². The van der Waals surface area contributed by atoms with Crippen molar-refractivity contribution in [2.45, 2.75) is 32.7 Å². The topological polar surface area (TPSA) is 75.7 Å². The molecule has 0 fully saturated rings. The highest BCUT2D eigenvalue weighted by atomic mass is 32.2. The van der Waals surface area contributed by atoms with Gasteiger partial charge in [0.1, 0.15) is 11.8 Å². The van der Waals surface area contributed by atoms with Gasteiger partial charge in [-0.3, -0.25) is 9.10 Å². The molecule has 0 aliphatic carbocycles. The number of carbonyl (C=O) groups excluding carboxylic acids is 1. The van der Waals surface area contributed by atoms with Crippen LogP contribution >= 0.6 is 0 Å². The summed E-state index contributed by atoms with van der Waals surface area (Å²) in [6.45, 7) is 6.42. The molecule has 0 aliphatic rings. The summed E-state index contributed by atoms with van der Waals surface area (Å²) in [6, 6.07) is 15.6. The molecule has 2 aromatic rings. The molecule has 0 aliphatic heterocycles. The van der Waals surface area contributed by atoms with E-state index in [2.05, 4.69) is 5.32 Å². The summed E-state index contributed by atoms with van der Waals surface area (Å²) in [5.41, 5.74) is 1.53. The molecule has 2 aromatic carbocycles. The highest BCUT2D eigenvalue weighted by Crippen LogP contribution is 2.24. The molecule has 1 N–H and O–H groups in total. The van der Waals surface area contributed by atoms with Crippen LogP contribution in [0.1, 0.15) is 32.3 Å². The molecule has 28 heavy (non-hydrogen) atoms. The minimum Gasteiger partial charge on any atom is -0.494 e. The van der Waals surface area contributed by atoms with Crippen molar-refractivity contribution >= 4 is 21.6 Å². The second kappa shape index (κ2) is 9.59. The normalized spacial score (nSPS) is 13.4. The van der Waals surface area contributed by atoms with E-state index in [0.717, 1.165) is 16.1 Å². The number of benzene rings is 2. The monoisotopic (exact) mass is 404 g/mol. The third-order valence-electron chi connectivity index (χ3n) is 4.44. The molecule has 0 unspecified atom stereocenters. The van der Waals surface area contributed by atoms with Crippen LogP contribution < -0.4 is 14.4 Å². The summed E-state index contributed by atoms with van der Waals surface area (Å²) in [6.07, 6.45) is 1.10. The number of nitrogens with one attached hydrogen (secondary N) is 1.